The number of fused-ring (bicyclic) bond motifs is 3. The maximum atomic E-state index is 14.7. The van der Waals surface area contributed by atoms with Crippen molar-refractivity contribution in [3.63, 3.8) is 0 Å². The van der Waals surface area contributed by atoms with E-state index in [1.807, 2.05) is 92.2 Å². The number of β-amino-alcohol motifs (C(OH)–C–C–N with tert-alkyl or cyclic N) is 1. The molecule has 578 valence electrons. The summed E-state index contributed by atoms with van der Waals surface area (Å²) in [5, 5.41) is 21.6. The first kappa shape index (κ1) is 79.5. The van der Waals surface area contributed by atoms with Gasteiger partial charge >= 0.3 is 5.51 Å². The van der Waals surface area contributed by atoms with Gasteiger partial charge in [-0.05, 0) is 152 Å². The lowest BCUT2D eigenvalue weighted by atomic mass is 9.72. The van der Waals surface area contributed by atoms with Crippen LogP contribution in [0.3, 0.4) is 0 Å². The summed E-state index contributed by atoms with van der Waals surface area (Å²) in [6.45, 7) is 17.7. The third-order valence-electron chi connectivity index (χ3n) is 20.9. The monoisotopic (exact) mass is 1580 g/mol. The molecule has 0 radical (unpaired) electrons. The number of aryl methyl sites for hydroxylation is 1. The Morgan fingerprint density at radius 3 is 2.31 bits per heavy atom. The highest BCUT2D eigenvalue weighted by Gasteiger charge is 2.49. The number of aliphatic hydroxyl groups excluding tert-OH is 1. The minimum Gasteiger partial charge on any atom is -0.489 e. The van der Waals surface area contributed by atoms with Crippen molar-refractivity contribution in [2.75, 3.05) is 94.6 Å². The lowest BCUT2D eigenvalue weighted by molar-refractivity contribution is -0.137. The van der Waals surface area contributed by atoms with Gasteiger partial charge in [0, 0.05) is 112 Å². The number of carbonyl (C=O) groups is 4. The second-order valence-corrected chi connectivity index (χ2v) is 35.6. The summed E-state index contributed by atoms with van der Waals surface area (Å²) in [7, 11) is -11.2. The molecule has 2 aromatic heterocycles. The van der Waals surface area contributed by atoms with E-state index < -0.39 is 76.9 Å². The topological polar surface area (TPSA) is 266 Å². The number of hydrogen-bond acceptors (Lipinski definition) is 20. The molecule has 6 heterocycles. The van der Waals surface area contributed by atoms with Gasteiger partial charge in [-0.25, -0.2) is 26.5 Å². The summed E-state index contributed by atoms with van der Waals surface area (Å²) in [6.07, 6.45) is 3.11. The Morgan fingerprint density at radius 2 is 1.59 bits per heavy atom. The van der Waals surface area contributed by atoms with E-state index in [0.29, 0.717) is 82.0 Å². The number of nitrogens with zero attached hydrogens (tertiary/aromatic N) is 7. The second-order valence-electron chi connectivity index (χ2n) is 29.6. The number of thioether (sulfide) groups is 1. The van der Waals surface area contributed by atoms with Crippen molar-refractivity contribution >= 4 is 95.1 Å². The molecule has 0 bridgehead atoms. The third kappa shape index (κ3) is 19.0. The number of unbranched alkanes of at least 4 members (excludes halogenated alkanes) is 1. The van der Waals surface area contributed by atoms with Crippen LogP contribution in [0.25, 0.3) is 16.0 Å². The highest BCUT2D eigenvalue weighted by molar-refractivity contribution is 7.99. The number of hydrogen-bond donors (Lipinski definition) is 4. The minimum absolute atomic E-state index is 0.0119. The largest absolute Gasteiger partial charge is 0.501 e. The van der Waals surface area contributed by atoms with Gasteiger partial charge in [-0.3, -0.25) is 29.0 Å². The number of likely N-dealkylation sites (tertiary alicyclic amines) is 1. The summed E-state index contributed by atoms with van der Waals surface area (Å²) in [6, 6.07) is 32.8. The number of nitrogens with one attached hydrogen (secondary N) is 3. The number of halogens is 4. The number of sulfone groups is 1. The number of ether oxygens (including phenoxy) is 2. The average molecular weight is 1580 g/mol. The summed E-state index contributed by atoms with van der Waals surface area (Å²) < 4.78 is 119. The van der Waals surface area contributed by atoms with Crippen molar-refractivity contribution in [1.29, 1.82) is 0 Å². The quantitative estimate of drug-likeness (QED) is 0.0262. The molecule has 7 aromatic rings. The Hall–Kier alpha value is -8.03. The van der Waals surface area contributed by atoms with Gasteiger partial charge in [-0.1, -0.05) is 99.5 Å². The van der Waals surface area contributed by atoms with Crippen LogP contribution in [0.5, 0.6) is 11.6 Å². The molecule has 4 amide bonds. The fourth-order valence-electron chi connectivity index (χ4n) is 14.9. The Bertz CT molecular complexity index is 4640. The van der Waals surface area contributed by atoms with Crippen molar-refractivity contribution in [1.82, 2.24) is 39.8 Å². The molecule has 4 N–H and O–H groups in total. The van der Waals surface area contributed by atoms with Gasteiger partial charge in [0.1, 0.15) is 29.3 Å². The van der Waals surface area contributed by atoms with Gasteiger partial charge in [-0.15, -0.1) is 23.1 Å². The molecule has 22 nitrogen and oxygen atoms in total. The lowest BCUT2D eigenvalue weighted by Crippen LogP contribution is -2.57. The van der Waals surface area contributed by atoms with Gasteiger partial charge in [0.05, 0.1) is 57.0 Å². The van der Waals surface area contributed by atoms with Crippen molar-refractivity contribution in [3.8, 4) is 22.1 Å². The molecule has 0 spiro atoms. The number of anilines is 2. The van der Waals surface area contributed by atoms with E-state index in [4.69, 9.17) is 25.6 Å². The van der Waals surface area contributed by atoms with E-state index in [0.717, 1.165) is 83.3 Å². The van der Waals surface area contributed by atoms with Gasteiger partial charge in [-0.2, -0.15) is 13.2 Å². The average Bonchev–Trinajstić information content (AvgIpc) is 0.819. The standard InChI is InChI=1S/C78H92ClF3N10O12S4/c1-49(2)72(76(97)92-45-60(93)39-69(92)85-74(95)50(3)52-15-17-54(18-16-52)73-51(4)83-48-106-73)67-41-70(86-104-67)102-37-11-10-14-71(94)90-34-31-88(32-35-90)30-28-58(47-105-61-12-8-7-9-13-61)84-64-25-24-62(40-68(64)107(98,99)78(80,81)82)108(100,101)87-75(96)55-21-26-65-66(38-55)103-46-59-44-89(33-36-91(59)65)43-56-42-77(5,6)29-27-63(56)53-19-22-57(79)23-20-53/h7-9,12-13,15-26,38,40-41,48-50,58-60,69,72,84,93H,10-11,14,27-37,39,42-47H2,1-6H3,(H,85,95)(H,87,96)/t50-,58+,59-,60+,69-,72+/m0/s1. The molecule has 6 atom stereocenters. The molecule has 5 aliphatic rings. The van der Waals surface area contributed by atoms with Crippen LogP contribution in [0.4, 0.5) is 24.5 Å². The van der Waals surface area contributed by atoms with Gasteiger partial charge < -0.3 is 44.4 Å². The molecule has 5 aromatic carbocycles. The smallest absolute Gasteiger partial charge is 0.489 e. The number of allylic oxidation sites excluding steroid dienone is 1. The van der Waals surface area contributed by atoms with Crippen molar-refractivity contribution < 1.29 is 68.3 Å². The number of aromatic nitrogens is 2. The molecule has 0 unspecified atom stereocenters. The van der Waals surface area contributed by atoms with Gasteiger partial charge in [0.2, 0.25) is 17.7 Å². The van der Waals surface area contributed by atoms with Crippen LogP contribution >= 0.6 is 34.7 Å². The fourth-order valence-corrected chi connectivity index (χ4v) is 18.8. The molecule has 3 fully saturated rings. The number of sulfonamides is 1. The van der Waals surface area contributed by atoms with Crippen LogP contribution in [0.1, 0.15) is 131 Å². The first-order valence-electron chi connectivity index (χ1n) is 36.6. The number of thiazole rings is 1. The zero-order valence-electron chi connectivity index (χ0n) is 61.2. The summed E-state index contributed by atoms with van der Waals surface area (Å²) >= 11 is 9.19. The lowest BCUT2D eigenvalue weighted by Gasteiger charge is -2.46. The maximum Gasteiger partial charge on any atom is 0.501 e. The van der Waals surface area contributed by atoms with Crippen LogP contribution < -0.4 is 29.7 Å². The van der Waals surface area contributed by atoms with E-state index in [-0.39, 0.29) is 84.0 Å². The molecule has 1 aliphatic carbocycles. The van der Waals surface area contributed by atoms with E-state index >= 15 is 0 Å². The second kappa shape index (κ2) is 34.1. The number of alkyl halides is 3. The minimum atomic E-state index is -6.20. The van der Waals surface area contributed by atoms with Crippen LogP contribution in [0, 0.1) is 18.3 Å². The SMILES string of the molecule is Cc1ncsc1-c1ccc([C@H](C)C(=O)N[C@@H]2C[C@@H](O)CN2C(=O)[C@@H](c2cc(OCCCCC(=O)N3CCN(CC[C@H](CSc4ccccc4)Nc4ccc(S(=O)(=O)NC(=O)c5ccc6c(c5)OC[C@@H]5CN(CC7=C(c8ccc(Cl)cc8)CCC(C)(C)C7)CCN65)cc4S(=O)(=O)C(F)(F)F)CC3)no2)C(C)C)cc1. The Balaban J connectivity index is 0.617. The number of benzene rings is 5. The van der Waals surface area contributed by atoms with Gasteiger partial charge in [0.15, 0.2) is 5.76 Å². The summed E-state index contributed by atoms with van der Waals surface area (Å²) in [5.41, 5.74) is 2.94. The van der Waals surface area contributed by atoms with Crippen molar-refractivity contribution in [3.05, 3.63) is 166 Å². The predicted octanol–water partition coefficient (Wildman–Crippen LogP) is 12.7. The molecule has 30 heteroatoms. The summed E-state index contributed by atoms with van der Waals surface area (Å²) in [4.78, 5) is 69.4. The molecular formula is C78H92ClF3N10O12S4. The van der Waals surface area contributed by atoms with Crippen molar-refractivity contribution in [2.24, 2.45) is 11.3 Å². The number of carbonyl (C=O) groups excluding carboxylic acids is 4. The first-order valence-corrected chi connectivity index (χ1v) is 41.8. The van der Waals surface area contributed by atoms with Crippen LogP contribution in [0.15, 0.2) is 152 Å². The molecule has 108 heavy (non-hydrogen) atoms. The maximum absolute atomic E-state index is 14.7. The molecular weight excluding hydrogens is 1490 g/mol. The molecule has 0 saturated carbocycles. The zero-order chi connectivity index (χ0) is 76.8. The highest BCUT2D eigenvalue weighted by Crippen LogP contribution is 2.45. The van der Waals surface area contributed by atoms with Gasteiger partial charge in [0.25, 0.3) is 31.6 Å². The predicted molar refractivity (Wildman–Crippen MR) is 410 cm³/mol. The van der Waals surface area contributed by atoms with E-state index in [2.05, 4.69) is 61.5 Å². The number of aliphatic hydroxyl groups is 1. The van der Waals surface area contributed by atoms with Crippen LogP contribution in [-0.2, 0) is 34.2 Å². The fraction of sp³-hybridized carbons (Fsp3) is 0.462. The van der Waals surface area contributed by atoms with E-state index in [1.54, 1.807) is 40.8 Å². The number of rotatable bonds is 28. The Morgan fingerprint density at radius 1 is 0.861 bits per heavy atom. The normalized spacial score (nSPS) is 19.4. The van der Waals surface area contributed by atoms with Crippen molar-refractivity contribution in [2.45, 2.75) is 149 Å². The number of amides is 4. The van der Waals surface area contributed by atoms with E-state index in [1.165, 1.54) is 45.5 Å². The highest BCUT2D eigenvalue weighted by atomic mass is 35.5. The third-order valence-corrected chi connectivity index (χ3v) is 26.2. The first-order chi connectivity index (χ1) is 51.5. The Kier molecular flexibility index (Phi) is 25.1. The molecule has 3 saturated heterocycles. The zero-order valence-corrected chi connectivity index (χ0v) is 65.3. The van der Waals surface area contributed by atoms with E-state index in [9.17, 15) is 54.3 Å². The van der Waals surface area contributed by atoms with Crippen LogP contribution in [-0.4, -0.2) is 190 Å². The number of piperazine rings is 2. The Labute approximate surface area is 642 Å². The molecule has 12 rings (SSSR count). The van der Waals surface area contributed by atoms with Crippen LogP contribution in [0.2, 0.25) is 5.02 Å². The summed E-state index contributed by atoms with van der Waals surface area (Å²) in [5.74, 6) is -2.35. The molecule has 4 aliphatic heterocycles.